The molecule has 1 atom stereocenters. The Labute approximate surface area is 165 Å². The van der Waals surface area contributed by atoms with Crippen LogP contribution in [-0.2, 0) is 14.8 Å². The molecule has 0 aliphatic carbocycles. The molecule has 0 aromatic heterocycles. The van der Waals surface area contributed by atoms with Gasteiger partial charge in [0.1, 0.15) is 0 Å². The first-order valence-corrected chi connectivity index (χ1v) is 10.2. The summed E-state index contributed by atoms with van der Waals surface area (Å²) in [6.45, 7) is 4.46. The molecule has 1 unspecified atom stereocenters. The van der Waals surface area contributed by atoms with E-state index < -0.39 is 10.0 Å². The minimum absolute atomic E-state index is 0. The Hall–Kier alpha value is -1.68. The second-order valence-electron chi connectivity index (χ2n) is 6.60. The second kappa shape index (κ2) is 9.01. The minimum Gasteiger partial charge on any atom is -0.348 e. The maximum atomic E-state index is 12.7. The Morgan fingerprint density at radius 2 is 1.74 bits per heavy atom. The molecule has 1 aromatic rings. The average Bonchev–Trinajstić information content (AvgIpc) is 3.15. The Morgan fingerprint density at radius 1 is 1.11 bits per heavy atom. The van der Waals surface area contributed by atoms with Crippen molar-refractivity contribution < 1.29 is 18.0 Å². The number of hydrogen-bond acceptors (Lipinski definition) is 5. The normalized spacial score (nSPS) is 20.8. The van der Waals surface area contributed by atoms with E-state index in [1.54, 1.807) is 4.90 Å². The number of piperazine rings is 1. The van der Waals surface area contributed by atoms with Gasteiger partial charge in [-0.2, -0.15) is 4.31 Å². The highest BCUT2D eigenvalue weighted by Gasteiger charge is 2.29. The van der Waals surface area contributed by atoms with Crippen molar-refractivity contribution in [2.75, 3.05) is 39.3 Å². The van der Waals surface area contributed by atoms with Gasteiger partial charge in [0.25, 0.3) is 5.91 Å². The van der Waals surface area contributed by atoms with Crippen LogP contribution in [0.5, 0.6) is 0 Å². The van der Waals surface area contributed by atoms with E-state index in [9.17, 15) is 18.0 Å². The topological polar surface area (TPSA) is 98.8 Å². The third kappa shape index (κ3) is 4.98. The monoisotopic (exact) mass is 416 g/mol. The molecule has 1 aromatic carbocycles. The van der Waals surface area contributed by atoms with Crippen molar-refractivity contribution in [2.45, 2.75) is 24.3 Å². The fourth-order valence-electron chi connectivity index (χ4n) is 3.22. The van der Waals surface area contributed by atoms with Gasteiger partial charge in [0.15, 0.2) is 0 Å². The minimum atomic E-state index is -3.62. The molecule has 2 N–H and O–H groups in total. The number of benzene rings is 1. The highest BCUT2D eigenvalue weighted by atomic mass is 35.5. The molecule has 2 amide bonds. The van der Waals surface area contributed by atoms with Crippen LogP contribution in [0.1, 0.15) is 23.7 Å². The quantitative estimate of drug-likeness (QED) is 0.722. The van der Waals surface area contributed by atoms with Crippen molar-refractivity contribution in [3.05, 3.63) is 29.8 Å². The van der Waals surface area contributed by atoms with Crippen LogP contribution in [0.4, 0.5) is 0 Å². The van der Waals surface area contributed by atoms with E-state index in [2.05, 4.69) is 10.6 Å². The molecule has 2 heterocycles. The van der Waals surface area contributed by atoms with Crippen LogP contribution >= 0.6 is 12.4 Å². The van der Waals surface area contributed by atoms with Gasteiger partial charge in [-0.25, -0.2) is 8.42 Å². The Morgan fingerprint density at radius 3 is 2.26 bits per heavy atom. The van der Waals surface area contributed by atoms with Gasteiger partial charge in [-0.05, 0) is 37.2 Å². The predicted molar refractivity (Wildman–Crippen MR) is 103 cm³/mol. The molecule has 10 heteroatoms. The van der Waals surface area contributed by atoms with E-state index >= 15 is 0 Å². The lowest BCUT2D eigenvalue weighted by Crippen LogP contribution is -2.49. The molecule has 27 heavy (non-hydrogen) atoms. The summed E-state index contributed by atoms with van der Waals surface area (Å²) in [5.74, 6) is -0.243. The number of nitrogens with one attached hydrogen (secondary N) is 2. The van der Waals surface area contributed by atoms with Crippen LogP contribution in [0.25, 0.3) is 0 Å². The lowest BCUT2D eigenvalue weighted by Gasteiger charge is -2.33. The summed E-state index contributed by atoms with van der Waals surface area (Å²) in [5.41, 5.74) is 0.442. The number of amides is 2. The highest BCUT2D eigenvalue weighted by Crippen LogP contribution is 2.18. The van der Waals surface area contributed by atoms with Gasteiger partial charge < -0.3 is 15.5 Å². The molecule has 0 bridgehead atoms. The van der Waals surface area contributed by atoms with Gasteiger partial charge in [-0.3, -0.25) is 9.59 Å². The molecule has 2 saturated heterocycles. The van der Waals surface area contributed by atoms with E-state index in [0.29, 0.717) is 18.7 Å². The van der Waals surface area contributed by atoms with Gasteiger partial charge in [-0.15, -0.1) is 12.4 Å². The number of sulfonamides is 1. The van der Waals surface area contributed by atoms with E-state index in [1.807, 2.05) is 0 Å². The Kier molecular flexibility index (Phi) is 7.21. The average molecular weight is 417 g/mol. The van der Waals surface area contributed by atoms with Crippen molar-refractivity contribution in [1.82, 2.24) is 19.8 Å². The fraction of sp³-hybridized carbons (Fsp3) is 0.529. The van der Waals surface area contributed by atoms with Crippen LogP contribution in [-0.4, -0.2) is 74.7 Å². The SMILES string of the molecule is CC(=O)N1CCN(S(=O)(=O)c2ccc(C(=O)NC3CCNC3)cc2)CC1.Cl. The van der Waals surface area contributed by atoms with E-state index in [0.717, 1.165) is 19.5 Å². The third-order valence-corrected chi connectivity index (χ3v) is 6.75. The highest BCUT2D eigenvalue weighted by molar-refractivity contribution is 7.89. The van der Waals surface area contributed by atoms with E-state index in [1.165, 1.54) is 35.5 Å². The first kappa shape index (κ1) is 21.6. The molecule has 0 saturated carbocycles. The fourth-order valence-corrected chi connectivity index (χ4v) is 4.64. The summed E-state index contributed by atoms with van der Waals surface area (Å²) in [6.07, 6.45) is 0.893. The molecule has 2 fully saturated rings. The van der Waals surface area contributed by atoms with Gasteiger partial charge in [0.05, 0.1) is 4.90 Å². The molecular formula is C17H25ClN4O4S. The number of hydrogen-bond donors (Lipinski definition) is 2. The number of rotatable bonds is 4. The Bertz CT molecular complexity index is 771. The lowest BCUT2D eigenvalue weighted by molar-refractivity contribution is -0.129. The molecular weight excluding hydrogens is 392 g/mol. The third-order valence-electron chi connectivity index (χ3n) is 4.83. The second-order valence-corrected chi connectivity index (χ2v) is 8.54. The zero-order valence-electron chi connectivity index (χ0n) is 15.2. The lowest BCUT2D eigenvalue weighted by atomic mass is 10.2. The largest absolute Gasteiger partial charge is 0.348 e. The van der Waals surface area contributed by atoms with Crippen LogP contribution in [0, 0.1) is 0 Å². The molecule has 8 nitrogen and oxygen atoms in total. The van der Waals surface area contributed by atoms with Crippen molar-refractivity contribution >= 4 is 34.2 Å². The van der Waals surface area contributed by atoms with Crippen molar-refractivity contribution in [3.63, 3.8) is 0 Å². The smallest absolute Gasteiger partial charge is 0.251 e. The summed E-state index contributed by atoms with van der Waals surface area (Å²) in [5, 5.41) is 6.11. The zero-order chi connectivity index (χ0) is 18.7. The van der Waals surface area contributed by atoms with Crippen molar-refractivity contribution in [3.8, 4) is 0 Å². The van der Waals surface area contributed by atoms with Gasteiger partial charge >= 0.3 is 0 Å². The number of carbonyl (C=O) groups excluding carboxylic acids is 2. The van der Waals surface area contributed by atoms with E-state index in [-0.39, 0.29) is 48.2 Å². The maximum Gasteiger partial charge on any atom is 0.251 e. The summed E-state index contributed by atoms with van der Waals surface area (Å²) < 4.78 is 26.9. The molecule has 0 spiro atoms. The maximum absolute atomic E-state index is 12.7. The summed E-state index contributed by atoms with van der Waals surface area (Å²) in [6, 6.07) is 6.12. The molecule has 2 aliphatic heterocycles. The van der Waals surface area contributed by atoms with Crippen LogP contribution in [0.15, 0.2) is 29.2 Å². The Balaban J connectivity index is 0.00000261. The van der Waals surface area contributed by atoms with Crippen LogP contribution < -0.4 is 10.6 Å². The van der Waals surface area contributed by atoms with Gasteiger partial charge in [0.2, 0.25) is 15.9 Å². The molecule has 0 radical (unpaired) electrons. The number of nitrogens with zero attached hydrogens (tertiary/aromatic N) is 2. The summed E-state index contributed by atoms with van der Waals surface area (Å²) in [4.78, 5) is 25.4. The zero-order valence-corrected chi connectivity index (χ0v) is 16.8. The molecule has 3 rings (SSSR count). The predicted octanol–water partition coefficient (Wildman–Crippen LogP) is 0.0529. The summed E-state index contributed by atoms with van der Waals surface area (Å²) >= 11 is 0. The first-order chi connectivity index (χ1) is 12.4. The van der Waals surface area contributed by atoms with Gasteiger partial charge in [0, 0.05) is 51.3 Å². The number of halogens is 1. The standard InChI is InChI=1S/C17H24N4O4S.ClH/c1-13(22)20-8-10-21(11-9-20)26(24,25)16-4-2-14(3-5-16)17(23)19-15-6-7-18-12-15;/h2-5,15,18H,6-12H2,1H3,(H,19,23);1H. The van der Waals surface area contributed by atoms with Crippen molar-refractivity contribution in [1.29, 1.82) is 0 Å². The molecule has 2 aliphatic rings. The molecule has 150 valence electrons. The van der Waals surface area contributed by atoms with E-state index in [4.69, 9.17) is 0 Å². The number of carbonyl (C=O) groups is 2. The first-order valence-electron chi connectivity index (χ1n) is 8.75. The van der Waals surface area contributed by atoms with Crippen LogP contribution in [0.3, 0.4) is 0 Å². The van der Waals surface area contributed by atoms with Crippen LogP contribution in [0.2, 0.25) is 0 Å². The van der Waals surface area contributed by atoms with Gasteiger partial charge in [-0.1, -0.05) is 0 Å². The summed E-state index contributed by atoms with van der Waals surface area (Å²) in [7, 11) is -3.62. The van der Waals surface area contributed by atoms with Crippen molar-refractivity contribution in [2.24, 2.45) is 0 Å².